The Kier molecular flexibility index (Phi) is 4.43. The second kappa shape index (κ2) is 6.30. The van der Waals surface area contributed by atoms with Gasteiger partial charge in [-0.25, -0.2) is 9.97 Å². The molecule has 1 N–H and O–H groups in total. The van der Waals surface area contributed by atoms with Gasteiger partial charge in [-0.05, 0) is 55.4 Å². The van der Waals surface area contributed by atoms with Crippen molar-refractivity contribution in [3.63, 3.8) is 0 Å². The number of aliphatic hydroxyl groups is 1. The SMILES string of the molecule is CCc1cnc(N2CCC([C@H]3C[C@H]3[C@@H](O)CC)CC2)nc1. The predicted molar refractivity (Wildman–Crippen MR) is 84.2 cm³/mol. The number of aromatic nitrogens is 2. The summed E-state index contributed by atoms with van der Waals surface area (Å²) in [6.45, 7) is 6.32. The van der Waals surface area contributed by atoms with Crippen LogP contribution in [0.1, 0.15) is 45.1 Å². The lowest BCUT2D eigenvalue weighted by molar-refractivity contribution is 0.133. The first-order valence-corrected chi connectivity index (χ1v) is 8.46. The molecular weight excluding hydrogens is 262 g/mol. The summed E-state index contributed by atoms with van der Waals surface area (Å²) in [4.78, 5) is 11.3. The van der Waals surface area contributed by atoms with Crippen molar-refractivity contribution >= 4 is 5.95 Å². The number of aliphatic hydroxyl groups excluding tert-OH is 1. The number of aryl methyl sites for hydroxylation is 1. The maximum absolute atomic E-state index is 9.95. The summed E-state index contributed by atoms with van der Waals surface area (Å²) in [5.41, 5.74) is 1.20. The lowest BCUT2D eigenvalue weighted by Crippen LogP contribution is -2.35. The van der Waals surface area contributed by atoms with Crippen LogP contribution in [0.2, 0.25) is 0 Å². The maximum atomic E-state index is 9.95. The molecule has 3 rings (SSSR count). The summed E-state index contributed by atoms with van der Waals surface area (Å²) in [5, 5.41) is 9.95. The molecule has 0 unspecified atom stereocenters. The van der Waals surface area contributed by atoms with Crippen LogP contribution in [0, 0.1) is 17.8 Å². The van der Waals surface area contributed by atoms with Crippen molar-refractivity contribution in [3.8, 4) is 0 Å². The normalized spacial score (nSPS) is 27.7. The highest BCUT2D eigenvalue weighted by molar-refractivity contribution is 5.30. The first-order chi connectivity index (χ1) is 10.2. The van der Waals surface area contributed by atoms with E-state index in [-0.39, 0.29) is 6.10 Å². The lowest BCUT2D eigenvalue weighted by atomic mass is 9.90. The number of nitrogens with zero attached hydrogens (tertiary/aromatic N) is 3. The minimum Gasteiger partial charge on any atom is -0.393 e. The Morgan fingerprint density at radius 1 is 1.24 bits per heavy atom. The third-order valence-electron chi connectivity index (χ3n) is 5.33. The molecule has 116 valence electrons. The van der Waals surface area contributed by atoms with Crippen molar-refractivity contribution in [3.05, 3.63) is 18.0 Å². The van der Waals surface area contributed by atoms with E-state index in [1.54, 1.807) is 0 Å². The molecule has 2 aliphatic rings. The zero-order chi connectivity index (χ0) is 14.8. The smallest absolute Gasteiger partial charge is 0.225 e. The number of piperidine rings is 1. The van der Waals surface area contributed by atoms with Crippen molar-refractivity contribution in [2.75, 3.05) is 18.0 Å². The summed E-state index contributed by atoms with van der Waals surface area (Å²) < 4.78 is 0. The molecule has 1 saturated carbocycles. The number of rotatable bonds is 5. The van der Waals surface area contributed by atoms with Gasteiger partial charge < -0.3 is 10.0 Å². The second-order valence-corrected chi connectivity index (χ2v) is 6.61. The van der Waals surface area contributed by atoms with Gasteiger partial charge in [0.1, 0.15) is 0 Å². The van der Waals surface area contributed by atoms with Crippen LogP contribution in [0.4, 0.5) is 5.95 Å². The third-order valence-corrected chi connectivity index (χ3v) is 5.33. The van der Waals surface area contributed by atoms with Gasteiger partial charge in [-0.1, -0.05) is 13.8 Å². The summed E-state index contributed by atoms with van der Waals surface area (Å²) in [5.74, 6) is 3.02. The zero-order valence-corrected chi connectivity index (χ0v) is 13.2. The molecule has 4 heteroatoms. The molecule has 1 aromatic rings. The van der Waals surface area contributed by atoms with Crippen molar-refractivity contribution in [1.82, 2.24) is 9.97 Å². The van der Waals surface area contributed by atoms with E-state index in [0.717, 1.165) is 43.7 Å². The maximum Gasteiger partial charge on any atom is 0.225 e. The Hall–Kier alpha value is -1.16. The predicted octanol–water partition coefficient (Wildman–Crippen LogP) is 2.66. The van der Waals surface area contributed by atoms with Gasteiger partial charge in [0, 0.05) is 25.5 Å². The Bertz CT molecular complexity index is 454. The summed E-state index contributed by atoms with van der Waals surface area (Å²) in [6, 6.07) is 0. The molecule has 1 aromatic heterocycles. The summed E-state index contributed by atoms with van der Waals surface area (Å²) in [7, 11) is 0. The fourth-order valence-electron chi connectivity index (χ4n) is 3.74. The van der Waals surface area contributed by atoms with Crippen molar-refractivity contribution in [1.29, 1.82) is 0 Å². The van der Waals surface area contributed by atoms with Crippen LogP contribution >= 0.6 is 0 Å². The second-order valence-electron chi connectivity index (χ2n) is 6.61. The molecule has 21 heavy (non-hydrogen) atoms. The van der Waals surface area contributed by atoms with Gasteiger partial charge >= 0.3 is 0 Å². The molecule has 0 bridgehead atoms. The Labute approximate surface area is 127 Å². The van der Waals surface area contributed by atoms with E-state index in [1.165, 1.54) is 24.8 Å². The van der Waals surface area contributed by atoms with Crippen LogP contribution in [-0.2, 0) is 6.42 Å². The number of hydrogen-bond donors (Lipinski definition) is 1. The fourth-order valence-corrected chi connectivity index (χ4v) is 3.74. The van der Waals surface area contributed by atoms with Gasteiger partial charge in [0.05, 0.1) is 6.10 Å². The monoisotopic (exact) mass is 289 g/mol. The molecular formula is C17H27N3O. The molecule has 0 radical (unpaired) electrons. The van der Waals surface area contributed by atoms with E-state index < -0.39 is 0 Å². The minimum atomic E-state index is -0.0713. The van der Waals surface area contributed by atoms with Crippen LogP contribution in [0.25, 0.3) is 0 Å². The first-order valence-electron chi connectivity index (χ1n) is 8.46. The van der Waals surface area contributed by atoms with Gasteiger partial charge in [-0.15, -0.1) is 0 Å². The highest BCUT2D eigenvalue weighted by atomic mass is 16.3. The lowest BCUT2D eigenvalue weighted by Gasteiger charge is -2.32. The van der Waals surface area contributed by atoms with E-state index in [9.17, 15) is 5.11 Å². The fraction of sp³-hybridized carbons (Fsp3) is 0.765. The average Bonchev–Trinajstić information content (AvgIpc) is 3.35. The molecule has 3 atom stereocenters. The molecule has 0 spiro atoms. The molecule has 0 amide bonds. The quantitative estimate of drug-likeness (QED) is 0.905. The van der Waals surface area contributed by atoms with Crippen LogP contribution < -0.4 is 4.90 Å². The van der Waals surface area contributed by atoms with Crippen molar-refractivity contribution < 1.29 is 5.11 Å². The van der Waals surface area contributed by atoms with Crippen LogP contribution in [-0.4, -0.2) is 34.3 Å². The van der Waals surface area contributed by atoms with Crippen LogP contribution in [0.5, 0.6) is 0 Å². The Morgan fingerprint density at radius 2 is 1.90 bits per heavy atom. The Balaban J connectivity index is 1.51. The molecule has 1 aliphatic carbocycles. The third kappa shape index (κ3) is 3.20. The van der Waals surface area contributed by atoms with Crippen molar-refractivity contribution in [2.45, 2.75) is 52.1 Å². The van der Waals surface area contributed by atoms with E-state index >= 15 is 0 Å². The summed E-state index contributed by atoms with van der Waals surface area (Å²) >= 11 is 0. The van der Waals surface area contributed by atoms with Gasteiger partial charge in [0.25, 0.3) is 0 Å². The first kappa shape index (κ1) is 14.8. The van der Waals surface area contributed by atoms with Gasteiger partial charge in [-0.3, -0.25) is 0 Å². The molecule has 1 aliphatic heterocycles. The summed E-state index contributed by atoms with van der Waals surface area (Å²) in [6.07, 6.45) is 9.39. The van der Waals surface area contributed by atoms with E-state index in [1.807, 2.05) is 12.4 Å². The molecule has 0 aromatic carbocycles. The number of hydrogen-bond acceptors (Lipinski definition) is 4. The molecule has 2 fully saturated rings. The molecule has 2 heterocycles. The van der Waals surface area contributed by atoms with Crippen LogP contribution in [0.15, 0.2) is 12.4 Å². The topological polar surface area (TPSA) is 49.2 Å². The highest BCUT2D eigenvalue weighted by Gasteiger charge is 2.46. The van der Waals surface area contributed by atoms with E-state index in [4.69, 9.17) is 0 Å². The van der Waals surface area contributed by atoms with Crippen LogP contribution in [0.3, 0.4) is 0 Å². The Morgan fingerprint density at radius 3 is 2.48 bits per heavy atom. The average molecular weight is 289 g/mol. The minimum absolute atomic E-state index is 0.0713. The van der Waals surface area contributed by atoms with Gasteiger partial charge in [0.15, 0.2) is 0 Å². The number of anilines is 1. The zero-order valence-electron chi connectivity index (χ0n) is 13.2. The standard InChI is InChI=1S/C17H27N3O/c1-3-12-10-18-17(19-11-12)20-7-5-13(6-8-20)14-9-15(14)16(21)4-2/h10-11,13-16,21H,3-9H2,1-2H3/t14-,15-,16+/m1/s1. The molecule has 4 nitrogen and oxygen atoms in total. The highest BCUT2D eigenvalue weighted by Crippen LogP contribution is 2.50. The molecule has 1 saturated heterocycles. The van der Waals surface area contributed by atoms with Crippen molar-refractivity contribution in [2.24, 2.45) is 17.8 Å². The van der Waals surface area contributed by atoms with E-state index in [0.29, 0.717) is 5.92 Å². The van der Waals surface area contributed by atoms with Gasteiger partial charge in [-0.2, -0.15) is 0 Å². The van der Waals surface area contributed by atoms with E-state index in [2.05, 4.69) is 28.7 Å². The van der Waals surface area contributed by atoms with Gasteiger partial charge in [0.2, 0.25) is 5.95 Å². The largest absolute Gasteiger partial charge is 0.393 e.